The second-order valence-corrected chi connectivity index (χ2v) is 5.58. The number of hydrogen-bond donors (Lipinski definition) is 1. The van der Waals surface area contributed by atoms with E-state index in [2.05, 4.69) is 5.32 Å². The lowest BCUT2D eigenvalue weighted by molar-refractivity contribution is 0.102. The maximum absolute atomic E-state index is 12.4. The smallest absolute Gasteiger partial charge is 0.255 e. The minimum Gasteiger partial charge on any atom is -0.497 e. The maximum Gasteiger partial charge on any atom is 0.255 e. The van der Waals surface area contributed by atoms with Gasteiger partial charge in [-0.15, -0.1) is 0 Å². The first-order valence-corrected chi connectivity index (χ1v) is 7.94. The topological polar surface area (TPSA) is 47.6 Å². The van der Waals surface area contributed by atoms with Gasteiger partial charge in [-0.3, -0.25) is 4.79 Å². The fraction of sp³-hybridized carbons (Fsp3) is 0.0952. The van der Waals surface area contributed by atoms with E-state index < -0.39 is 0 Å². The molecule has 3 aromatic rings. The largest absolute Gasteiger partial charge is 0.497 e. The third-order valence-electron chi connectivity index (χ3n) is 3.77. The van der Waals surface area contributed by atoms with Gasteiger partial charge in [0.25, 0.3) is 5.91 Å². The van der Waals surface area contributed by atoms with E-state index in [1.54, 1.807) is 19.2 Å². The van der Waals surface area contributed by atoms with Gasteiger partial charge in [-0.2, -0.15) is 0 Å². The number of ether oxygens (including phenoxy) is 2. The normalized spacial score (nSPS) is 10.2. The van der Waals surface area contributed by atoms with Crippen molar-refractivity contribution < 1.29 is 14.3 Å². The van der Waals surface area contributed by atoms with Crippen LogP contribution in [0, 0.1) is 6.92 Å². The summed E-state index contributed by atoms with van der Waals surface area (Å²) in [5, 5.41) is 2.93. The van der Waals surface area contributed by atoms with Crippen LogP contribution in [0.2, 0.25) is 0 Å². The average Bonchev–Trinajstić information content (AvgIpc) is 2.65. The van der Waals surface area contributed by atoms with Crippen LogP contribution in [0.15, 0.2) is 72.8 Å². The van der Waals surface area contributed by atoms with Crippen LogP contribution < -0.4 is 14.8 Å². The van der Waals surface area contributed by atoms with Crippen molar-refractivity contribution in [3.05, 3.63) is 83.9 Å². The zero-order valence-electron chi connectivity index (χ0n) is 14.2. The molecule has 0 bridgehead atoms. The summed E-state index contributed by atoms with van der Waals surface area (Å²) in [5.74, 6) is 1.88. The van der Waals surface area contributed by atoms with Gasteiger partial charge in [0, 0.05) is 23.4 Å². The molecule has 0 heterocycles. The molecule has 0 aliphatic carbocycles. The Morgan fingerprint density at radius 3 is 2.32 bits per heavy atom. The van der Waals surface area contributed by atoms with E-state index in [9.17, 15) is 4.79 Å². The Hall–Kier alpha value is -3.27. The Morgan fingerprint density at radius 1 is 0.840 bits per heavy atom. The van der Waals surface area contributed by atoms with Crippen molar-refractivity contribution in [2.75, 3.05) is 12.4 Å². The van der Waals surface area contributed by atoms with Gasteiger partial charge in [0.2, 0.25) is 0 Å². The molecule has 0 aromatic heterocycles. The molecule has 3 rings (SSSR count). The molecule has 0 radical (unpaired) electrons. The summed E-state index contributed by atoms with van der Waals surface area (Å²) in [6.07, 6.45) is 0. The molecule has 0 saturated carbocycles. The van der Waals surface area contributed by atoms with E-state index in [1.165, 1.54) is 0 Å². The molecule has 0 fully saturated rings. The molecule has 0 unspecified atom stereocenters. The lowest BCUT2D eigenvalue weighted by Gasteiger charge is -2.12. The number of aryl methyl sites for hydroxylation is 1. The van der Waals surface area contributed by atoms with E-state index in [1.807, 2.05) is 67.6 Å². The van der Waals surface area contributed by atoms with Gasteiger partial charge in [0.05, 0.1) is 7.11 Å². The molecule has 0 aliphatic heterocycles. The minimum atomic E-state index is -0.151. The molecule has 25 heavy (non-hydrogen) atoms. The van der Waals surface area contributed by atoms with E-state index >= 15 is 0 Å². The summed E-state index contributed by atoms with van der Waals surface area (Å²) < 4.78 is 11.1. The number of amides is 1. The molecule has 126 valence electrons. The van der Waals surface area contributed by atoms with Crippen LogP contribution in [0.4, 0.5) is 5.69 Å². The molecule has 0 spiro atoms. The predicted molar refractivity (Wildman–Crippen MR) is 98.6 cm³/mol. The molecule has 4 heteroatoms. The van der Waals surface area contributed by atoms with Crippen LogP contribution in [0.5, 0.6) is 17.2 Å². The van der Waals surface area contributed by atoms with Crippen LogP contribution in [0.1, 0.15) is 15.9 Å². The van der Waals surface area contributed by atoms with E-state index in [-0.39, 0.29) is 5.91 Å². The van der Waals surface area contributed by atoms with Crippen molar-refractivity contribution in [3.8, 4) is 17.2 Å². The Morgan fingerprint density at radius 2 is 1.56 bits per heavy atom. The van der Waals surface area contributed by atoms with E-state index in [0.717, 1.165) is 11.3 Å². The highest BCUT2D eigenvalue weighted by Crippen LogP contribution is 2.28. The van der Waals surface area contributed by atoms with Crippen molar-refractivity contribution in [2.45, 2.75) is 6.92 Å². The quantitative estimate of drug-likeness (QED) is 0.711. The second kappa shape index (κ2) is 7.53. The van der Waals surface area contributed by atoms with Crippen molar-refractivity contribution in [1.29, 1.82) is 0 Å². The van der Waals surface area contributed by atoms with Crippen molar-refractivity contribution in [2.24, 2.45) is 0 Å². The predicted octanol–water partition coefficient (Wildman–Crippen LogP) is 5.05. The summed E-state index contributed by atoms with van der Waals surface area (Å²) >= 11 is 0. The number of carbonyl (C=O) groups is 1. The summed E-state index contributed by atoms with van der Waals surface area (Å²) in [6.45, 7) is 1.94. The molecule has 3 aromatic carbocycles. The molecule has 1 N–H and O–H groups in total. The van der Waals surface area contributed by atoms with Gasteiger partial charge >= 0.3 is 0 Å². The molecule has 0 aliphatic rings. The third-order valence-corrected chi connectivity index (χ3v) is 3.77. The van der Waals surface area contributed by atoms with Gasteiger partial charge in [-0.05, 0) is 42.8 Å². The first-order chi connectivity index (χ1) is 12.2. The standard InChI is InChI=1S/C21H19NO3/c1-15-11-12-19(25-18-10-6-9-17(13-18)24-2)14-20(15)22-21(23)16-7-4-3-5-8-16/h3-14H,1-2H3,(H,22,23). The summed E-state index contributed by atoms with van der Waals surface area (Å²) in [6, 6.07) is 22.1. The lowest BCUT2D eigenvalue weighted by Crippen LogP contribution is -2.12. The van der Waals surface area contributed by atoms with Gasteiger partial charge in [0.1, 0.15) is 17.2 Å². The highest BCUT2D eigenvalue weighted by molar-refractivity contribution is 6.04. The number of methoxy groups -OCH3 is 1. The highest BCUT2D eigenvalue weighted by atomic mass is 16.5. The number of nitrogens with one attached hydrogen (secondary N) is 1. The highest BCUT2D eigenvalue weighted by Gasteiger charge is 2.09. The third kappa shape index (κ3) is 4.18. The van der Waals surface area contributed by atoms with Crippen LogP contribution in [0.3, 0.4) is 0 Å². The maximum atomic E-state index is 12.4. The fourth-order valence-corrected chi connectivity index (χ4v) is 2.38. The van der Waals surface area contributed by atoms with Gasteiger partial charge < -0.3 is 14.8 Å². The number of carbonyl (C=O) groups excluding carboxylic acids is 1. The summed E-state index contributed by atoms with van der Waals surface area (Å²) in [7, 11) is 1.61. The fourth-order valence-electron chi connectivity index (χ4n) is 2.38. The second-order valence-electron chi connectivity index (χ2n) is 5.58. The minimum absolute atomic E-state index is 0.151. The zero-order chi connectivity index (χ0) is 17.6. The number of benzene rings is 3. The number of hydrogen-bond acceptors (Lipinski definition) is 3. The molecule has 0 saturated heterocycles. The van der Waals surface area contributed by atoms with Gasteiger partial charge in [0.15, 0.2) is 0 Å². The summed E-state index contributed by atoms with van der Waals surface area (Å²) in [4.78, 5) is 12.4. The van der Waals surface area contributed by atoms with Crippen molar-refractivity contribution in [3.63, 3.8) is 0 Å². The van der Waals surface area contributed by atoms with Crippen molar-refractivity contribution in [1.82, 2.24) is 0 Å². The number of rotatable bonds is 5. The van der Waals surface area contributed by atoms with Crippen LogP contribution in [0.25, 0.3) is 0 Å². The number of anilines is 1. The Balaban J connectivity index is 1.79. The molecule has 1 amide bonds. The Kier molecular flexibility index (Phi) is 5.00. The van der Waals surface area contributed by atoms with E-state index in [4.69, 9.17) is 9.47 Å². The molecular formula is C21H19NO3. The van der Waals surface area contributed by atoms with Crippen molar-refractivity contribution >= 4 is 11.6 Å². The first-order valence-electron chi connectivity index (χ1n) is 7.94. The van der Waals surface area contributed by atoms with Crippen LogP contribution in [-0.4, -0.2) is 13.0 Å². The lowest BCUT2D eigenvalue weighted by atomic mass is 10.1. The Labute approximate surface area is 147 Å². The molecule has 0 atom stereocenters. The average molecular weight is 333 g/mol. The van der Waals surface area contributed by atoms with Gasteiger partial charge in [-0.25, -0.2) is 0 Å². The zero-order valence-corrected chi connectivity index (χ0v) is 14.2. The van der Waals surface area contributed by atoms with E-state index in [0.29, 0.717) is 22.7 Å². The SMILES string of the molecule is COc1cccc(Oc2ccc(C)c(NC(=O)c3ccccc3)c2)c1. The monoisotopic (exact) mass is 333 g/mol. The first kappa shape index (κ1) is 16.6. The van der Waals surface area contributed by atoms with Gasteiger partial charge in [-0.1, -0.05) is 30.3 Å². The molecular weight excluding hydrogens is 314 g/mol. The Bertz CT molecular complexity index is 875. The van der Waals surface area contributed by atoms with Crippen LogP contribution in [-0.2, 0) is 0 Å². The summed E-state index contributed by atoms with van der Waals surface area (Å²) in [5.41, 5.74) is 2.29. The van der Waals surface area contributed by atoms with Crippen LogP contribution >= 0.6 is 0 Å². The molecule has 4 nitrogen and oxygen atoms in total.